The average molecular weight is 441 g/mol. The summed E-state index contributed by atoms with van der Waals surface area (Å²) < 4.78 is 6.99. The van der Waals surface area contributed by atoms with E-state index < -0.39 is 0 Å². The van der Waals surface area contributed by atoms with Crippen molar-refractivity contribution in [2.75, 3.05) is 20.2 Å². The number of methoxy groups -OCH3 is 1. The van der Waals surface area contributed by atoms with E-state index in [2.05, 4.69) is 27.3 Å². The van der Waals surface area contributed by atoms with Crippen molar-refractivity contribution in [2.24, 2.45) is 4.99 Å². The van der Waals surface area contributed by atoms with Crippen LogP contribution in [0.25, 0.3) is 5.69 Å². The molecular weight excluding hydrogens is 417 g/mol. The topological polar surface area (TPSA) is 63.5 Å². The van der Waals surface area contributed by atoms with Crippen LogP contribution in [0.4, 0.5) is 0 Å². The zero-order chi connectivity index (χ0) is 16.5. The Kier molecular flexibility index (Phi) is 8.92. The molecule has 0 fully saturated rings. The van der Waals surface area contributed by atoms with Crippen LogP contribution in [0.1, 0.15) is 12.6 Å². The predicted molar refractivity (Wildman–Crippen MR) is 109 cm³/mol. The molecule has 0 saturated carbocycles. The Hall–Kier alpha value is -2.03. The molecule has 0 unspecified atom stereocenters. The fraction of sp³-hybridized carbons (Fsp3) is 0.294. The van der Waals surface area contributed by atoms with Crippen molar-refractivity contribution in [3.63, 3.8) is 0 Å². The summed E-state index contributed by atoms with van der Waals surface area (Å²) >= 11 is 0. The van der Waals surface area contributed by atoms with E-state index in [1.807, 2.05) is 48.1 Å². The number of ether oxygens (including phenoxy) is 1. The average Bonchev–Trinajstić information content (AvgIpc) is 3.06. The maximum Gasteiger partial charge on any atom is 0.191 e. The molecule has 7 heteroatoms. The highest BCUT2D eigenvalue weighted by Crippen LogP contribution is 2.14. The zero-order valence-electron chi connectivity index (χ0n) is 14.0. The number of guanidine groups is 1. The van der Waals surface area contributed by atoms with Crippen LogP contribution in [0.3, 0.4) is 0 Å². The molecule has 24 heavy (non-hydrogen) atoms. The number of halogens is 1. The lowest BCUT2D eigenvalue weighted by Crippen LogP contribution is -2.37. The van der Waals surface area contributed by atoms with E-state index in [0.717, 1.165) is 29.6 Å². The van der Waals surface area contributed by atoms with Crippen molar-refractivity contribution in [3.8, 4) is 11.4 Å². The fourth-order valence-electron chi connectivity index (χ4n) is 2.00. The molecule has 1 heterocycles. The lowest BCUT2D eigenvalue weighted by Gasteiger charge is -2.08. The monoisotopic (exact) mass is 441 g/mol. The van der Waals surface area contributed by atoms with Gasteiger partial charge < -0.3 is 15.4 Å². The molecule has 2 aromatic rings. The van der Waals surface area contributed by atoms with Gasteiger partial charge in [-0.1, -0.05) is 6.08 Å². The molecule has 0 atom stereocenters. The molecule has 0 aliphatic carbocycles. The quantitative estimate of drug-likeness (QED) is 0.300. The summed E-state index contributed by atoms with van der Waals surface area (Å²) in [7, 11) is 1.65. The van der Waals surface area contributed by atoms with Crippen molar-refractivity contribution in [1.29, 1.82) is 0 Å². The summed E-state index contributed by atoms with van der Waals surface area (Å²) in [6, 6.07) is 9.72. The van der Waals surface area contributed by atoms with Gasteiger partial charge in [0, 0.05) is 19.3 Å². The molecule has 0 spiro atoms. The van der Waals surface area contributed by atoms with Crippen LogP contribution in [0.15, 0.2) is 54.2 Å². The maximum atomic E-state index is 5.16. The largest absolute Gasteiger partial charge is 0.497 e. The van der Waals surface area contributed by atoms with Crippen molar-refractivity contribution < 1.29 is 4.74 Å². The summed E-state index contributed by atoms with van der Waals surface area (Å²) in [6.07, 6.45) is 3.72. The summed E-state index contributed by atoms with van der Waals surface area (Å²) in [6.45, 7) is 7.71. The summed E-state index contributed by atoms with van der Waals surface area (Å²) in [5.74, 6) is 1.58. The van der Waals surface area contributed by atoms with Gasteiger partial charge >= 0.3 is 0 Å². The SMILES string of the molecule is C=CCNC(=NCc1ccn(-c2ccc(OC)cc2)n1)NCC.I. The zero-order valence-corrected chi connectivity index (χ0v) is 16.4. The van der Waals surface area contributed by atoms with Crippen LogP contribution in [0, 0.1) is 0 Å². The maximum absolute atomic E-state index is 5.16. The molecular formula is C17H24IN5O. The van der Waals surface area contributed by atoms with E-state index in [0.29, 0.717) is 13.1 Å². The smallest absolute Gasteiger partial charge is 0.191 e. The Bertz CT molecular complexity index is 651. The van der Waals surface area contributed by atoms with Crippen molar-refractivity contribution in [1.82, 2.24) is 20.4 Å². The van der Waals surface area contributed by atoms with Crippen LogP contribution in [0.5, 0.6) is 5.75 Å². The molecule has 1 aromatic carbocycles. The first-order valence-electron chi connectivity index (χ1n) is 7.59. The van der Waals surface area contributed by atoms with Gasteiger partial charge in [0.25, 0.3) is 0 Å². The van der Waals surface area contributed by atoms with Crippen LogP contribution >= 0.6 is 24.0 Å². The third-order valence-corrected chi connectivity index (χ3v) is 3.14. The van der Waals surface area contributed by atoms with Crippen LogP contribution < -0.4 is 15.4 Å². The van der Waals surface area contributed by atoms with Crippen LogP contribution in [-0.4, -0.2) is 35.9 Å². The Balaban J connectivity index is 0.00000288. The molecule has 2 rings (SSSR count). The Labute approximate surface area is 160 Å². The normalized spacial score (nSPS) is 10.7. The van der Waals surface area contributed by atoms with Gasteiger partial charge in [0.2, 0.25) is 0 Å². The fourth-order valence-corrected chi connectivity index (χ4v) is 2.00. The molecule has 0 aliphatic rings. The second kappa shape index (κ2) is 10.7. The van der Waals surface area contributed by atoms with Gasteiger partial charge in [-0.15, -0.1) is 30.6 Å². The van der Waals surface area contributed by atoms with Crippen molar-refractivity contribution >= 4 is 29.9 Å². The van der Waals surface area contributed by atoms with E-state index in [-0.39, 0.29) is 24.0 Å². The number of rotatable bonds is 7. The second-order valence-electron chi connectivity index (χ2n) is 4.81. The van der Waals surface area contributed by atoms with Gasteiger partial charge in [0.1, 0.15) is 5.75 Å². The molecule has 0 bridgehead atoms. The third kappa shape index (κ3) is 5.88. The standard InChI is InChI=1S/C17H23N5O.HI/c1-4-11-19-17(18-5-2)20-13-14-10-12-22(21-14)15-6-8-16(23-3)9-7-15;/h4,6-10,12H,1,5,11,13H2,2-3H3,(H2,18,19,20);1H. The highest BCUT2D eigenvalue weighted by atomic mass is 127. The van der Waals surface area contributed by atoms with E-state index in [9.17, 15) is 0 Å². The van der Waals surface area contributed by atoms with E-state index in [1.54, 1.807) is 13.2 Å². The number of aromatic nitrogens is 2. The van der Waals surface area contributed by atoms with Crippen molar-refractivity contribution in [3.05, 3.63) is 54.9 Å². The van der Waals surface area contributed by atoms with E-state index in [4.69, 9.17) is 4.74 Å². The summed E-state index contributed by atoms with van der Waals surface area (Å²) in [5, 5.41) is 10.9. The Morgan fingerprint density at radius 1 is 1.29 bits per heavy atom. The molecule has 0 radical (unpaired) electrons. The van der Waals surface area contributed by atoms with Gasteiger partial charge in [-0.25, -0.2) is 9.67 Å². The molecule has 130 valence electrons. The molecule has 6 nitrogen and oxygen atoms in total. The van der Waals surface area contributed by atoms with Crippen LogP contribution in [0.2, 0.25) is 0 Å². The number of nitrogens with one attached hydrogen (secondary N) is 2. The lowest BCUT2D eigenvalue weighted by atomic mass is 10.3. The first-order chi connectivity index (χ1) is 11.3. The van der Waals surface area contributed by atoms with Gasteiger partial charge in [-0.3, -0.25) is 0 Å². The molecule has 0 saturated heterocycles. The Morgan fingerprint density at radius 2 is 2.04 bits per heavy atom. The number of aliphatic imine (C=N–C) groups is 1. The first kappa shape index (κ1) is 20.0. The minimum Gasteiger partial charge on any atom is -0.497 e. The summed E-state index contributed by atoms with van der Waals surface area (Å²) in [4.78, 5) is 4.51. The molecule has 0 amide bonds. The van der Waals surface area contributed by atoms with E-state index in [1.165, 1.54) is 0 Å². The lowest BCUT2D eigenvalue weighted by molar-refractivity contribution is 0.414. The minimum atomic E-state index is 0. The molecule has 1 aromatic heterocycles. The Morgan fingerprint density at radius 3 is 2.67 bits per heavy atom. The third-order valence-electron chi connectivity index (χ3n) is 3.14. The predicted octanol–water partition coefficient (Wildman–Crippen LogP) is 2.74. The van der Waals surface area contributed by atoms with Crippen LogP contribution in [-0.2, 0) is 6.54 Å². The number of nitrogens with zero attached hydrogens (tertiary/aromatic N) is 3. The van der Waals surface area contributed by atoms with Gasteiger partial charge in [-0.2, -0.15) is 5.10 Å². The highest BCUT2D eigenvalue weighted by Gasteiger charge is 2.02. The molecule has 2 N–H and O–H groups in total. The first-order valence-corrected chi connectivity index (χ1v) is 7.59. The summed E-state index contributed by atoms with van der Waals surface area (Å²) in [5.41, 5.74) is 1.88. The number of benzene rings is 1. The molecule has 0 aliphatic heterocycles. The van der Waals surface area contributed by atoms with Gasteiger partial charge in [0.15, 0.2) is 5.96 Å². The number of hydrogen-bond acceptors (Lipinski definition) is 3. The highest BCUT2D eigenvalue weighted by molar-refractivity contribution is 14.0. The number of hydrogen-bond donors (Lipinski definition) is 2. The van der Waals surface area contributed by atoms with E-state index >= 15 is 0 Å². The van der Waals surface area contributed by atoms with Gasteiger partial charge in [0.05, 0.1) is 25.0 Å². The van der Waals surface area contributed by atoms with Crippen molar-refractivity contribution in [2.45, 2.75) is 13.5 Å². The van der Waals surface area contributed by atoms with Gasteiger partial charge in [-0.05, 0) is 37.3 Å². The minimum absolute atomic E-state index is 0. The second-order valence-corrected chi connectivity index (χ2v) is 4.81.